The van der Waals surface area contributed by atoms with E-state index in [1.165, 1.54) is 0 Å². The standard InChI is InChI=1S/C18H26N6O2S/c1-3-5-10-15-23-16-17(13-8-6-7-9-14(13)22-18(16)19)24(15)12(4-2)11-21-27(20,25)26/h6-9,12,21H,3-5,10-11H2,1-2H3,(H2,19,22)(H2,20,25,26). The van der Waals surface area contributed by atoms with Gasteiger partial charge in [-0.05, 0) is 18.9 Å². The van der Waals surface area contributed by atoms with Crippen molar-refractivity contribution in [3.05, 3.63) is 30.1 Å². The summed E-state index contributed by atoms with van der Waals surface area (Å²) >= 11 is 0. The van der Waals surface area contributed by atoms with Crippen LogP contribution in [0.15, 0.2) is 24.3 Å². The summed E-state index contributed by atoms with van der Waals surface area (Å²) in [6.45, 7) is 4.33. The maximum absolute atomic E-state index is 11.4. The number of hydrogen-bond donors (Lipinski definition) is 3. The van der Waals surface area contributed by atoms with Crippen LogP contribution in [0.1, 0.15) is 45.0 Å². The van der Waals surface area contributed by atoms with Crippen LogP contribution in [0.3, 0.4) is 0 Å². The first kappa shape index (κ1) is 19.5. The van der Waals surface area contributed by atoms with E-state index < -0.39 is 10.2 Å². The minimum atomic E-state index is -3.77. The topological polar surface area (TPSA) is 129 Å². The van der Waals surface area contributed by atoms with Crippen LogP contribution < -0.4 is 15.6 Å². The van der Waals surface area contributed by atoms with Gasteiger partial charge in [0, 0.05) is 24.4 Å². The van der Waals surface area contributed by atoms with Gasteiger partial charge in [-0.2, -0.15) is 8.42 Å². The van der Waals surface area contributed by atoms with E-state index in [1.54, 1.807) is 0 Å². The number of benzene rings is 1. The van der Waals surface area contributed by atoms with Crippen LogP contribution in [0.4, 0.5) is 5.82 Å². The predicted octanol–water partition coefficient (Wildman–Crippen LogP) is 2.25. The first-order valence-corrected chi connectivity index (χ1v) is 10.7. The largest absolute Gasteiger partial charge is 0.382 e. The molecule has 0 aliphatic carbocycles. The van der Waals surface area contributed by atoms with E-state index in [2.05, 4.69) is 21.2 Å². The molecule has 0 saturated carbocycles. The van der Waals surface area contributed by atoms with Crippen molar-refractivity contribution in [2.75, 3.05) is 12.3 Å². The van der Waals surface area contributed by atoms with Crippen LogP contribution in [0, 0.1) is 0 Å². The molecule has 0 aliphatic heterocycles. The van der Waals surface area contributed by atoms with Crippen molar-refractivity contribution < 1.29 is 8.42 Å². The molecular weight excluding hydrogens is 364 g/mol. The van der Waals surface area contributed by atoms with Crippen LogP contribution in [0.5, 0.6) is 0 Å². The molecule has 0 spiro atoms. The predicted molar refractivity (Wildman–Crippen MR) is 108 cm³/mol. The molecule has 0 aliphatic rings. The molecule has 1 unspecified atom stereocenters. The number of rotatable bonds is 8. The van der Waals surface area contributed by atoms with Crippen molar-refractivity contribution in [3.63, 3.8) is 0 Å². The maximum Gasteiger partial charge on any atom is 0.274 e. The number of hydrogen-bond acceptors (Lipinski definition) is 5. The molecule has 0 amide bonds. The lowest BCUT2D eigenvalue weighted by Gasteiger charge is -2.21. The number of anilines is 1. The third kappa shape index (κ3) is 4.05. The molecule has 9 heteroatoms. The van der Waals surface area contributed by atoms with Crippen molar-refractivity contribution in [2.45, 2.75) is 45.6 Å². The summed E-state index contributed by atoms with van der Waals surface area (Å²) in [5.41, 5.74) is 8.55. The van der Waals surface area contributed by atoms with Crippen LogP contribution in [0.25, 0.3) is 21.9 Å². The lowest BCUT2D eigenvalue weighted by molar-refractivity contribution is 0.467. The zero-order valence-corrected chi connectivity index (χ0v) is 16.5. The van der Waals surface area contributed by atoms with Gasteiger partial charge in [0.05, 0.1) is 11.0 Å². The highest BCUT2D eigenvalue weighted by molar-refractivity contribution is 7.87. The number of unbranched alkanes of at least 4 members (excludes halogenated alkanes) is 1. The molecule has 1 atom stereocenters. The molecular formula is C18H26N6O2S. The third-order valence-corrected chi connectivity index (χ3v) is 5.31. The Labute approximate surface area is 159 Å². The number of aromatic nitrogens is 3. The second kappa shape index (κ2) is 7.79. The molecule has 0 bridgehead atoms. The summed E-state index contributed by atoms with van der Waals surface area (Å²) in [5, 5.41) is 6.09. The third-order valence-electron chi connectivity index (χ3n) is 4.74. The molecule has 27 heavy (non-hydrogen) atoms. The van der Waals surface area contributed by atoms with Crippen LogP contribution in [0.2, 0.25) is 0 Å². The van der Waals surface area contributed by atoms with E-state index in [0.29, 0.717) is 17.8 Å². The Hall–Kier alpha value is -2.23. The normalized spacial score (nSPS) is 13.4. The lowest BCUT2D eigenvalue weighted by Crippen LogP contribution is -2.35. The summed E-state index contributed by atoms with van der Waals surface area (Å²) in [6, 6.07) is 7.64. The molecule has 0 saturated heterocycles. The van der Waals surface area contributed by atoms with Gasteiger partial charge < -0.3 is 10.3 Å². The molecule has 1 aromatic carbocycles. The van der Waals surface area contributed by atoms with Gasteiger partial charge in [0.2, 0.25) is 0 Å². The van der Waals surface area contributed by atoms with Crippen LogP contribution in [-0.2, 0) is 16.6 Å². The second-order valence-electron chi connectivity index (χ2n) is 6.67. The Bertz CT molecular complexity index is 1060. The number of pyridine rings is 1. The number of nitrogens with one attached hydrogen (secondary N) is 1. The van der Waals surface area contributed by atoms with Gasteiger partial charge in [0.1, 0.15) is 11.3 Å². The zero-order valence-electron chi connectivity index (χ0n) is 15.6. The minimum Gasteiger partial charge on any atom is -0.382 e. The molecule has 0 radical (unpaired) electrons. The highest BCUT2D eigenvalue weighted by Crippen LogP contribution is 2.32. The molecule has 8 nitrogen and oxygen atoms in total. The Balaban J connectivity index is 2.25. The molecule has 2 aromatic heterocycles. The summed E-state index contributed by atoms with van der Waals surface area (Å²) in [4.78, 5) is 9.26. The van der Waals surface area contributed by atoms with Gasteiger partial charge in [-0.1, -0.05) is 38.5 Å². The van der Waals surface area contributed by atoms with Gasteiger partial charge in [0.15, 0.2) is 5.82 Å². The monoisotopic (exact) mass is 390 g/mol. The van der Waals surface area contributed by atoms with Crippen molar-refractivity contribution in [1.82, 2.24) is 19.3 Å². The highest BCUT2D eigenvalue weighted by Gasteiger charge is 2.22. The Kier molecular flexibility index (Phi) is 5.64. The number of nitrogen functional groups attached to an aromatic ring is 1. The Morgan fingerprint density at radius 2 is 1.96 bits per heavy atom. The minimum absolute atomic E-state index is 0.134. The van der Waals surface area contributed by atoms with Crippen molar-refractivity contribution in [3.8, 4) is 0 Å². The maximum atomic E-state index is 11.4. The van der Waals surface area contributed by atoms with Crippen molar-refractivity contribution in [2.24, 2.45) is 5.14 Å². The lowest BCUT2D eigenvalue weighted by atomic mass is 10.1. The summed E-state index contributed by atoms with van der Waals surface area (Å²) in [5.74, 6) is 1.27. The fourth-order valence-corrected chi connectivity index (χ4v) is 3.83. The first-order valence-electron chi connectivity index (χ1n) is 9.18. The fraction of sp³-hybridized carbons (Fsp3) is 0.444. The summed E-state index contributed by atoms with van der Waals surface area (Å²) < 4.78 is 27.4. The second-order valence-corrected chi connectivity index (χ2v) is 8.05. The smallest absolute Gasteiger partial charge is 0.274 e. The van der Waals surface area contributed by atoms with Gasteiger partial charge in [-0.3, -0.25) is 0 Å². The van der Waals surface area contributed by atoms with E-state index in [4.69, 9.17) is 15.9 Å². The molecule has 3 rings (SSSR count). The van der Waals surface area contributed by atoms with E-state index >= 15 is 0 Å². The van der Waals surface area contributed by atoms with Gasteiger partial charge in [-0.15, -0.1) is 0 Å². The Morgan fingerprint density at radius 1 is 1.22 bits per heavy atom. The quantitative estimate of drug-likeness (QED) is 0.543. The molecule has 2 heterocycles. The highest BCUT2D eigenvalue weighted by atomic mass is 32.2. The van der Waals surface area contributed by atoms with Crippen LogP contribution in [-0.4, -0.2) is 29.5 Å². The molecule has 3 aromatic rings. The zero-order chi connectivity index (χ0) is 19.6. The molecule has 5 N–H and O–H groups in total. The SMILES string of the molecule is CCCCc1nc2c(N)nc3ccccc3c2n1C(CC)CNS(N)(=O)=O. The average molecular weight is 391 g/mol. The number of aryl methyl sites for hydroxylation is 1. The van der Waals surface area contributed by atoms with E-state index in [1.807, 2.05) is 31.2 Å². The van der Waals surface area contributed by atoms with Gasteiger partial charge >= 0.3 is 0 Å². The van der Waals surface area contributed by atoms with Gasteiger partial charge in [0.25, 0.3) is 10.2 Å². The molecule has 146 valence electrons. The number of nitrogens with zero attached hydrogens (tertiary/aromatic N) is 3. The fourth-order valence-electron chi connectivity index (χ4n) is 3.40. The van der Waals surface area contributed by atoms with E-state index in [9.17, 15) is 8.42 Å². The molecule has 0 fully saturated rings. The first-order chi connectivity index (χ1) is 12.9. The number of fused-ring (bicyclic) bond motifs is 3. The van der Waals surface area contributed by atoms with Crippen LogP contribution >= 0.6 is 0 Å². The summed E-state index contributed by atoms with van der Waals surface area (Å²) in [7, 11) is -3.77. The number of imidazole rings is 1. The number of nitrogens with two attached hydrogens (primary N) is 2. The van der Waals surface area contributed by atoms with E-state index in [-0.39, 0.29) is 12.6 Å². The van der Waals surface area contributed by atoms with Crippen molar-refractivity contribution in [1.29, 1.82) is 0 Å². The Morgan fingerprint density at radius 3 is 2.63 bits per heavy atom. The van der Waals surface area contributed by atoms with Crippen molar-refractivity contribution >= 4 is 38.0 Å². The average Bonchev–Trinajstić information content (AvgIpc) is 3.00. The number of para-hydroxylation sites is 1. The van der Waals surface area contributed by atoms with E-state index in [0.717, 1.165) is 41.5 Å². The van der Waals surface area contributed by atoms with Gasteiger partial charge in [-0.25, -0.2) is 19.8 Å². The summed E-state index contributed by atoms with van der Waals surface area (Å²) in [6.07, 6.45) is 3.51.